The molecule has 0 aliphatic rings. The van der Waals surface area contributed by atoms with Gasteiger partial charge >= 0.3 is 5.97 Å². The van der Waals surface area contributed by atoms with Crippen molar-refractivity contribution in [1.29, 1.82) is 0 Å². The van der Waals surface area contributed by atoms with Crippen LogP contribution in [0, 0.1) is 18.2 Å². The van der Waals surface area contributed by atoms with Gasteiger partial charge in [0.25, 0.3) is 0 Å². The van der Waals surface area contributed by atoms with Crippen molar-refractivity contribution >= 4 is 11.7 Å². The fourth-order valence-corrected chi connectivity index (χ4v) is 1.83. The molecule has 4 heteroatoms. The van der Waals surface area contributed by atoms with Crippen LogP contribution >= 0.6 is 0 Å². The summed E-state index contributed by atoms with van der Waals surface area (Å²) in [7, 11) is 0. The predicted octanol–water partition coefficient (Wildman–Crippen LogP) is 3.44. The first-order valence-corrected chi connectivity index (χ1v) is 5.94. The lowest BCUT2D eigenvalue weighted by Gasteiger charge is -2.24. The Labute approximate surface area is 107 Å². The SMILES string of the molecule is Cc1cc(F)cc(NC(CC(C)(C)C)C(=O)O)c1. The van der Waals surface area contributed by atoms with Gasteiger partial charge in [0.2, 0.25) is 0 Å². The molecule has 0 saturated heterocycles. The number of aryl methyl sites for hydroxylation is 1. The lowest BCUT2D eigenvalue weighted by Crippen LogP contribution is -2.33. The number of benzene rings is 1. The summed E-state index contributed by atoms with van der Waals surface area (Å²) in [6, 6.07) is 3.74. The van der Waals surface area contributed by atoms with E-state index >= 15 is 0 Å². The number of hydrogen-bond donors (Lipinski definition) is 2. The van der Waals surface area contributed by atoms with E-state index < -0.39 is 12.0 Å². The maximum atomic E-state index is 13.2. The van der Waals surface area contributed by atoms with E-state index in [9.17, 15) is 14.3 Å². The van der Waals surface area contributed by atoms with Gasteiger partial charge in [-0.3, -0.25) is 0 Å². The van der Waals surface area contributed by atoms with Crippen molar-refractivity contribution in [3.8, 4) is 0 Å². The van der Waals surface area contributed by atoms with Gasteiger partial charge in [0.05, 0.1) is 0 Å². The Hall–Kier alpha value is -1.58. The number of hydrogen-bond acceptors (Lipinski definition) is 2. The molecule has 0 amide bonds. The second-order valence-electron chi connectivity index (χ2n) is 5.82. The smallest absolute Gasteiger partial charge is 0.326 e. The minimum absolute atomic E-state index is 0.113. The van der Waals surface area contributed by atoms with E-state index in [1.54, 1.807) is 13.0 Å². The maximum Gasteiger partial charge on any atom is 0.326 e. The number of nitrogens with one attached hydrogen (secondary N) is 1. The fraction of sp³-hybridized carbons (Fsp3) is 0.500. The number of rotatable bonds is 4. The van der Waals surface area contributed by atoms with Crippen molar-refractivity contribution in [3.63, 3.8) is 0 Å². The van der Waals surface area contributed by atoms with Crippen molar-refractivity contribution in [1.82, 2.24) is 0 Å². The Morgan fingerprint density at radius 2 is 2.00 bits per heavy atom. The zero-order valence-electron chi connectivity index (χ0n) is 11.2. The molecular weight excluding hydrogens is 233 g/mol. The van der Waals surface area contributed by atoms with E-state index in [1.165, 1.54) is 12.1 Å². The van der Waals surface area contributed by atoms with Crippen LogP contribution in [-0.2, 0) is 4.79 Å². The van der Waals surface area contributed by atoms with Crippen LogP contribution in [0.25, 0.3) is 0 Å². The molecule has 1 rings (SSSR count). The lowest BCUT2D eigenvalue weighted by atomic mass is 9.88. The van der Waals surface area contributed by atoms with E-state index in [2.05, 4.69) is 5.32 Å². The van der Waals surface area contributed by atoms with Crippen molar-refractivity contribution < 1.29 is 14.3 Å². The molecule has 18 heavy (non-hydrogen) atoms. The Morgan fingerprint density at radius 1 is 1.39 bits per heavy atom. The van der Waals surface area contributed by atoms with Crippen LogP contribution in [0.5, 0.6) is 0 Å². The van der Waals surface area contributed by atoms with Crippen LogP contribution in [0.1, 0.15) is 32.8 Å². The van der Waals surface area contributed by atoms with Crippen molar-refractivity contribution in [3.05, 3.63) is 29.6 Å². The summed E-state index contributed by atoms with van der Waals surface area (Å²) in [6.45, 7) is 7.69. The van der Waals surface area contributed by atoms with E-state index in [1.807, 2.05) is 20.8 Å². The molecule has 0 fully saturated rings. The van der Waals surface area contributed by atoms with Gasteiger partial charge in [-0.2, -0.15) is 0 Å². The third-order valence-corrected chi connectivity index (χ3v) is 2.50. The lowest BCUT2D eigenvalue weighted by molar-refractivity contribution is -0.138. The quantitative estimate of drug-likeness (QED) is 0.864. The first-order chi connectivity index (χ1) is 8.17. The molecule has 0 aliphatic heterocycles. The molecule has 0 aromatic heterocycles. The van der Waals surface area contributed by atoms with Crippen molar-refractivity contribution in [2.75, 3.05) is 5.32 Å². The molecule has 0 saturated carbocycles. The zero-order valence-corrected chi connectivity index (χ0v) is 11.2. The molecule has 1 atom stereocenters. The van der Waals surface area contributed by atoms with Gasteiger partial charge in [-0.05, 0) is 42.5 Å². The second-order valence-corrected chi connectivity index (χ2v) is 5.82. The number of aliphatic carboxylic acids is 1. The van der Waals surface area contributed by atoms with Gasteiger partial charge < -0.3 is 10.4 Å². The third kappa shape index (κ3) is 4.73. The van der Waals surface area contributed by atoms with Gasteiger partial charge in [-0.25, -0.2) is 9.18 Å². The van der Waals surface area contributed by atoms with Crippen LogP contribution in [-0.4, -0.2) is 17.1 Å². The zero-order chi connectivity index (χ0) is 13.9. The minimum atomic E-state index is -0.924. The average molecular weight is 253 g/mol. The Morgan fingerprint density at radius 3 is 2.44 bits per heavy atom. The highest BCUT2D eigenvalue weighted by Gasteiger charge is 2.24. The summed E-state index contributed by atoms with van der Waals surface area (Å²) in [5.74, 6) is -1.29. The molecule has 0 bridgehead atoms. The Bertz CT molecular complexity index is 418. The number of carbonyl (C=O) groups is 1. The summed E-state index contributed by atoms with van der Waals surface area (Å²) in [5, 5.41) is 12.1. The van der Waals surface area contributed by atoms with Crippen molar-refractivity contribution in [2.24, 2.45) is 5.41 Å². The Balaban J connectivity index is 2.86. The van der Waals surface area contributed by atoms with E-state index in [-0.39, 0.29) is 11.2 Å². The molecule has 1 unspecified atom stereocenters. The van der Waals surface area contributed by atoms with Crippen LogP contribution in [0.2, 0.25) is 0 Å². The summed E-state index contributed by atoms with van der Waals surface area (Å²) in [6.07, 6.45) is 0.470. The summed E-state index contributed by atoms with van der Waals surface area (Å²) >= 11 is 0. The minimum Gasteiger partial charge on any atom is -0.480 e. The molecule has 0 spiro atoms. The molecule has 0 aliphatic carbocycles. The monoisotopic (exact) mass is 253 g/mol. The second kappa shape index (κ2) is 5.38. The molecule has 1 aromatic rings. The fourth-order valence-electron chi connectivity index (χ4n) is 1.83. The topological polar surface area (TPSA) is 49.3 Å². The number of carboxylic acids is 1. The van der Waals surface area contributed by atoms with Crippen LogP contribution in [0.15, 0.2) is 18.2 Å². The summed E-state index contributed by atoms with van der Waals surface area (Å²) < 4.78 is 13.2. The Kier molecular flexibility index (Phi) is 4.33. The highest BCUT2D eigenvalue weighted by Crippen LogP contribution is 2.24. The maximum absolute atomic E-state index is 13.2. The third-order valence-electron chi connectivity index (χ3n) is 2.50. The van der Waals surface area contributed by atoms with Gasteiger partial charge in [-0.15, -0.1) is 0 Å². The molecular formula is C14H20FNO2. The molecule has 0 radical (unpaired) electrons. The number of carboxylic acid groups (broad SMARTS) is 1. The standard InChI is InChI=1S/C14H20FNO2/c1-9-5-10(15)7-11(6-9)16-12(13(17)18)8-14(2,3)4/h5-7,12,16H,8H2,1-4H3,(H,17,18). The highest BCUT2D eigenvalue weighted by molar-refractivity contribution is 5.77. The van der Waals surface area contributed by atoms with Gasteiger partial charge in [0.15, 0.2) is 0 Å². The van der Waals surface area contributed by atoms with E-state index in [4.69, 9.17) is 0 Å². The molecule has 3 nitrogen and oxygen atoms in total. The first-order valence-electron chi connectivity index (χ1n) is 5.94. The van der Waals surface area contributed by atoms with Gasteiger partial charge in [0, 0.05) is 5.69 Å². The summed E-state index contributed by atoms with van der Waals surface area (Å²) in [5.41, 5.74) is 1.15. The molecule has 1 aromatic carbocycles. The largest absolute Gasteiger partial charge is 0.480 e. The number of anilines is 1. The molecule has 2 N–H and O–H groups in total. The predicted molar refractivity (Wildman–Crippen MR) is 70.3 cm³/mol. The van der Waals surface area contributed by atoms with Gasteiger partial charge in [-0.1, -0.05) is 20.8 Å². The molecule has 0 heterocycles. The van der Waals surface area contributed by atoms with Crippen LogP contribution in [0.3, 0.4) is 0 Å². The number of halogens is 1. The van der Waals surface area contributed by atoms with Crippen LogP contribution < -0.4 is 5.32 Å². The normalized spacial score (nSPS) is 13.2. The molecule has 100 valence electrons. The van der Waals surface area contributed by atoms with E-state index in [0.29, 0.717) is 12.1 Å². The summed E-state index contributed by atoms with van der Waals surface area (Å²) in [4.78, 5) is 11.2. The highest BCUT2D eigenvalue weighted by atomic mass is 19.1. The average Bonchev–Trinajstić information content (AvgIpc) is 2.12. The van der Waals surface area contributed by atoms with Crippen LogP contribution in [0.4, 0.5) is 10.1 Å². The van der Waals surface area contributed by atoms with Crippen molar-refractivity contribution in [2.45, 2.75) is 40.2 Å². The van der Waals surface area contributed by atoms with E-state index in [0.717, 1.165) is 5.56 Å². The first kappa shape index (κ1) is 14.5. The van der Waals surface area contributed by atoms with Gasteiger partial charge in [0.1, 0.15) is 11.9 Å².